The summed E-state index contributed by atoms with van der Waals surface area (Å²) in [6, 6.07) is 14.9. The van der Waals surface area contributed by atoms with Crippen molar-refractivity contribution in [2.45, 2.75) is 44.6 Å². The highest BCUT2D eigenvalue weighted by molar-refractivity contribution is 5.68. The first-order valence-corrected chi connectivity index (χ1v) is 10.7. The van der Waals surface area contributed by atoms with Crippen LogP contribution in [0.15, 0.2) is 54.7 Å². The van der Waals surface area contributed by atoms with Gasteiger partial charge in [0.1, 0.15) is 17.7 Å². The number of hydrogen-bond acceptors (Lipinski definition) is 3. The molecule has 1 N–H and O–H groups in total. The van der Waals surface area contributed by atoms with Crippen LogP contribution in [0, 0.1) is 18.7 Å². The third-order valence-corrected chi connectivity index (χ3v) is 6.33. The largest absolute Gasteiger partial charge is 0.483 e. The van der Waals surface area contributed by atoms with Crippen molar-refractivity contribution in [2.75, 3.05) is 0 Å². The smallest absolute Gasteiger partial charge is 0.303 e. The lowest BCUT2D eigenvalue weighted by Gasteiger charge is -2.15. The molecule has 2 heterocycles. The minimum Gasteiger partial charge on any atom is -0.483 e. The van der Waals surface area contributed by atoms with Crippen LogP contribution in [0.1, 0.15) is 53.7 Å². The molecular formula is C26H24FNO3. The number of pyridine rings is 1. The number of aryl methyl sites for hydroxylation is 1. The van der Waals surface area contributed by atoms with Crippen molar-refractivity contribution in [3.05, 3.63) is 82.9 Å². The van der Waals surface area contributed by atoms with Crippen LogP contribution in [0.5, 0.6) is 5.75 Å². The number of ether oxygens (including phenoxy) is 1. The third-order valence-electron chi connectivity index (χ3n) is 6.33. The maximum absolute atomic E-state index is 14.2. The second-order valence-electron chi connectivity index (χ2n) is 8.67. The maximum atomic E-state index is 14.2. The summed E-state index contributed by atoms with van der Waals surface area (Å²) in [5.41, 5.74) is 5.24. The van der Waals surface area contributed by atoms with Crippen molar-refractivity contribution < 1.29 is 19.0 Å². The van der Waals surface area contributed by atoms with Crippen molar-refractivity contribution in [2.24, 2.45) is 5.92 Å². The molecule has 2 aliphatic rings. The van der Waals surface area contributed by atoms with E-state index in [-0.39, 0.29) is 24.3 Å². The first-order valence-electron chi connectivity index (χ1n) is 10.7. The minimum absolute atomic E-state index is 0.0482. The average Bonchev–Trinajstić information content (AvgIpc) is 3.51. The van der Waals surface area contributed by atoms with Crippen molar-refractivity contribution in [1.82, 2.24) is 4.98 Å². The van der Waals surface area contributed by atoms with Gasteiger partial charge in [0, 0.05) is 23.7 Å². The van der Waals surface area contributed by atoms with Gasteiger partial charge in [-0.2, -0.15) is 0 Å². The van der Waals surface area contributed by atoms with Gasteiger partial charge in [0.25, 0.3) is 0 Å². The number of aliphatic carboxylic acids is 1. The molecule has 31 heavy (non-hydrogen) atoms. The van der Waals surface area contributed by atoms with Crippen molar-refractivity contribution >= 4 is 5.97 Å². The Morgan fingerprint density at radius 2 is 2.03 bits per heavy atom. The van der Waals surface area contributed by atoms with Crippen LogP contribution in [0.3, 0.4) is 0 Å². The number of rotatable bonds is 6. The molecule has 1 aromatic heterocycles. The monoisotopic (exact) mass is 417 g/mol. The topological polar surface area (TPSA) is 59.4 Å². The van der Waals surface area contributed by atoms with E-state index in [4.69, 9.17) is 4.74 Å². The standard InChI is InChI=1S/C26H24FNO3/c1-15-2-8-22(27)21(10-15)19-7-9-23(28-14-19)25-12-18-6-5-17(11-24(18)31-25)20(13-26(29)30)16-3-4-16/h2,5-11,14,16,20,25H,3-4,12-13H2,1H3,(H,29,30)/t20-,25?/m0/s1. The fraction of sp³-hybridized carbons (Fsp3) is 0.308. The summed E-state index contributed by atoms with van der Waals surface area (Å²) in [4.78, 5) is 15.8. The molecule has 0 amide bonds. The first-order chi connectivity index (χ1) is 15.0. The lowest BCUT2D eigenvalue weighted by molar-refractivity contribution is -0.137. The fourth-order valence-corrected chi connectivity index (χ4v) is 4.50. The zero-order chi connectivity index (χ0) is 21.5. The second-order valence-corrected chi connectivity index (χ2v) is 8.67. The summed E-state index contributed by atoms with van der Waals surface area (Å²) < 4.78 is 20.4. The van der Waals surface area contributed by atoms with Gasteiger partial charge in [-0.05, 0) is 67.0 Å². The normalized spacial score (nSPS) is 18.3. The van der Waals surface area contributed by atoms with Crippen molar-refractivity contribution in [1.29, 1.82) is 0 Å². The van der Waals surface area contributed by atoms with Crippen LogP contribution in [0.25, 0.3) is 11.1 Å². The highest BCUT2D eigenvalue weighted by Gasteiger charge is 2.35. The average molecular weight is 417 g/mol. The van der Waals surface area contributed by atoms with Gasteiger partial charge < -0.3 is 9.84 Å². The molecule has 5 heteroatoms. The Morgan fingerprint density at radius 1 is 1.19 bits per heavy atom. The SMILES string of the molecule is Cc1ccc(F)c(-c2ccc(C3Cc4ccc([C@@H](CC(=O)O)C5CC5)cc4O3)nc2)c1. The number of carboxylic acids is 1. The summed E-state index contributed by atoms with van der Waals surface area (Å²) in [7, 11) is 0. The molecule has 1 aliphatic carbocycles. The third kappa shape index (κ3) is 4.05. The number of aromatic nitrogens is 1. The molecule has 2 aromatic carbocycles. The van der Waals surface area contributed by atoms with Gasteiger partial charge >= 0.3 is 5.97 Å². The highest BCUT2D eigenvalue weighted by Crippen LogP contribution is 2.46. The van der Waals surface area contributed by atoms with Gasteiger partial charge in [-0.25, -0.2) is 4.39 Å². The molecule has 3 aromatic rings. The Balaban J connectivity index is 1.35. The van der Waals surface area contributed by atoms with Crippen LogP contribution in [0.4, 0.5) is 4.39 Å². The summed E-state index contributed by atoms with van der Waals surface area (Å²) in [6.45, 7) is 1.94. The van der Waals surface area contributed by atoms with Gasteiger partial charge in [-0.15, -0.1) is 0 Å². The predicted molar refractivity (Wildman–Crippen MR) is 116 cm³/mol. The molecular weight excluding hydrogens is 393 g/mol. The van der Waals surface area contributed by atoms with E-state index in [1.165, 1.54) is 6.07 Å². The molecule has 0 saturated heterocycles. The maximum Gasteiger partial charge on any atom is 0.303 e. The Morgan fingerprint density at radius 3 is 2.74 bits per heavy atom. The summed E-state index contributed by atoms with van der Waals surface area (Å²) in [5, 5.41) is 9.28. The van der Waals surface area contributed by atoms with Crippen LogP contribution in [-0.4, -0.2) is 16.1 Å². The minimum atomic E-state index is -0.759. The molecule has 1 unspecified atom stereocenters. The van der Waals surface area contributed by atoms with E-state index in [9.17, 15) is 14.3 Å². The van der Waals surface area contributed by atoms with E-state index in [2.05, 4.69) is 11.1 Å². The van der Waals surface area contributed by atoms with E-state index in [0.717, 1.165) is 46.5 Å². The lowest BCUT2D eigenvalue weighted by Crippen LogP contribution is -2.08. The predicted octanol–water partition coefficient (Wildman–Crippen LogP) is 5.84. The number of hydrogen-bond donors (Lipinski definition) is 1. The molecule has 0 radical (unpaired) electrons. The van der Waals surface area contributed by atoms with Gasteiger partial charge in [0.2, 0.25) is 0 Å². The molecule has 0 bridgehead atoms. The Kier molecular flexibility index (Phi) is 4.97. The highest BCUT2D eigenvalue weighted by atomic mass is 19.1. The lowest BCUT2D eigenvalue weighted by atomic mass is 9.90. The van der Waals surface area contributed by atoms with Gasteiger partial charge in [0.05, 0.1) is 12.1 Å². The van der Waals surface area contributed by atoms with E-state index in [0.29, 0.717) is 17.9 Å². The number of halogens is 1. The molecule has 2 atom stereocenters. The second kappa shape index (κ2) is 7.80. The summed E-state index contributed by atoms with van der Waals surface area (Å²) >= 11 is 0. The van der Waals surface area contributed by atoms with Crippen LogP contribution >= 0.6 is 0 Å². The molecule has 158 valence electrons. The quantitative estimate of drug-likeness (QED) is 0.547. The van der Waals surface area contributed by atoms with Crippen LogP contribution < -0.4 is 4.74 Å². The van der Waals surface area contributed by atoms with E-state index < -0.39 is 5.97 Å². The van der Waals surface area contributed by atoms with Gasteiger partial charge in [-0.1, -0.05) is 29.8 Å². The number of carboxylic acid groups (broad SMARTS) is 1. The fourth-order valence-electron chi connectivity index (χ4n) is 4.50. The molecule has 4 nitrogen and oxygen atoms in total. The summed E-state index contributed by atoms with van der Waals surface area (Å²) in [5.74, 6) is 0.304. The van der Waals surface area contributed by atoms with E-state index >= 15 is 0 Å². The Labute approximate surface area is 180 Å². The van der Waals surface area contributed by atoms with Crippen molar-refractivity contribution in [3.63, 3.8) is 0 Å². The first kappa shape index (κ1) is 19.7. The van der Waals surface area contributed by atoms with Crippen LogP contribution in [-0.2, 0) is 11.2 Å². The number of nitrogens with zero attached hydrogens (tertiary/aromatic N) is 1. The molecule has 5 rings (SSSR count). The number of carbonyl (C=O) groups is 1. The molecule has 1 saturated carbocycles. The number of benzene rings is 2. The molecule has 1 fully saturated rings. The van der Waals surface area contributed by atoms with E-state index in [1.54, 1.807) is 12.3 Å². The molecule has 0 spiro atoms. The Hall–Kier alpha value is -3.21. The van der Waals surface area contributed by atoms with Crippen molar-refractivity contribution in [3.8, 4) is 16.9 Å². The van der Waals surface area contributed by atoms with Gasteiger partial charge in [-0.3, -0.25) is 9.78 Å². The van der Waals surface area contributed by atoms with Crippen LogP contribution in [0.2, 0.25) is 0 Å². The Bertz CT molecular complexity index is 1140. The van der Waals surface area contributed by atoms with Gasteiger partial charge in [0.15, 0.2) is 0 Å². The van der Waals surface area contributed by atoms with E-state index in [1.807, 2.05) is 37.3 Å². The zero-order valence-electron chi connectivity index (χ0n) is 17.3. The zero-order valence-corrected chi connectivity index (χ0v) is 17.3. The molecule has 1 aliphatic heterocycles. The summed E-state index contributed by atoms with van der Waals surface area (Å²) in [6.07, 6.45) is 4.56. The number of fused-ring (bicyclic) bond motifs is 1.